The zero-order valence-electron chi connectivity index (χ0n) is 9.04. The third-order valence-corrected chi connectivity index (χ3v) is 1.91. The highest BCUT2D eigenvalue weighted by molar-refractivity contribution is 5.41. The van der Waals surface area contributed by atoms with Crippen LogP contribution in [0.25, 0.3) is 5.65 Å². The summed E-state index contributed by atoms with van der Waals surface area (Å²) < 4.78 is 26.2. The van der Waals surface area contributed by atoms with Crippen LogP contribution >= 0.6 is 0 Å². The molecule has 0 N–H and O–H groups in total. The minimum atomic E-state index is -2.48. The quantitative estimate of drug-likeness (QED) is 0.705. The number of halogens is 2. The van der Waals surface area contributed by atoms with Crippen LogP contribution < -0.4 is 0 Å². The van der Waals surface area contributed by atoms with Gasteiger partial charge in [0.2, 0.25) is 0 Å². The maximum Gasteiger partial charge on any atom is 0.280 e. The van der Waals surface area contributed by atoms with Crippen molar-refractivity contribution in [2.24, 2.45) is 0 Å². The van der Waals surface area contributed by atoms with Crippen molar-refractivity contribution in [1.82, 2.24) is 9.38 Å². The first kappa shape index (κ1) is 11.6. The Hall–Kier alpha value is -1.45. The van der Waals surface area contributed by atoms with E-state index in [-0.39, 0.29) is 5.69 Å². The molecule has 0 bridgehead atoms. The van der Waals surface area contributed by atoms with Gasteiger partial charge in [-0.25, -0.2) is 13.8 Å². The van der Waals surface area contributed by atoms with Crippen molar-refractivity contribution >= 4 is 5.65 Å². The molecular weight excluding hydrogens is 198 g/mol. The Balaban J connectivity index is 0.000000531. The Morgan fingerprint density at radius 2 is 1.93 bits per heavy atom. The minimum absolute atomic E-state index is 0.0568. The second kappa shape index (κ2) is 4.87. The molecule has 0 aliphatic carbocycles. The van der Waals surface area contributed by atoms with Crippen LogP contribution in [0, 0.1) is 6.92 Å². The van der Waals surface area contributed by atoms with Crippen LogP contribution in [-0.2, 0) is 0 Å². The van der Waals surface area contributed by atoms with Crippen molar-refractivity contribution in [1.29, 1.82) is 0 Å². The second-order valence-electron chi connectivity index (χ2n) is 2.92. The SMILES string of the molecule is CC.Cc1ccc2ncc(C(F)F)n2c1. The van der Waals surface area contributed by atoms with Crippen LogP contribution in [0.15, 0.2) is 24.5 Å². The van der Waals surface area contributed by atoms with E-state index < -0.39 is 6.43 Å². The Morgan fingerprint density at radius 1 is 1.27 bits per heavy atom. The molecule has 2 nitrogen and oxygen atoms in total. The Morgan fingerprint density at radius 3 is 2.53 bits per heavy atom. The van der Waals surface area contributed by atoms with Crippen LogP contribution in [0.2, 0.25) is 0 Å². The highest BCUT2D eigenvalue weighted by atomic mass is 19.3. The standard InChI is InChI=1S/C9H8F2N2.C2H6/c1-6-2-3-8-12-4-7(9(10)11)13(8)5-6;1-2/h2-5,9H,1H3;1-2H3. The van der Waals surface area contributed by atoms with E-state index in [9.17, 15) is 8.78 Å². The number of nitrogens with zero attached hydrogens (tertiary/aromatic N) is 2. The van der Waals surface area contributed by atoms with Gasteiger partial charge in [0, 0.05) is 6.20 Å². The number of hydrogen-bond donors (Lipinski definition) is 0. The van der Waals surface area contributed by atoms with Crippen LogP contribution in [0.4, 0.5) is 8.78 Å². The molecule has 0 saturated carbocycles. The fourth-order valence-electron chi connectivity index (χ4n) is 1.27. The van der Waals surface area contributed by atoms with Gasteiger partial charge >= 0.3 is 0 Å². The lowest BCUT2D eigenvalue weighted by atomic mass is 10.3. The molecule has 0 saturated heterocycles. The fourth-order valence-corrected chi connectivity index (χ4v) is 1.27. The number of hydrogen-bond acceptors (Lipinski definition) is 1. The molecule has 2 rings (SSSR count). The first-order chi connectivity index (χ1) is 7.18. The molecule has 15 heavy (non-hydrogen) atoms. The lowest BCUT2D eigenvalue weighted by Crippen LogP contribution is -1.93. The summed E-state index contributed by atoms with van der Waals surface area (Å²) in [6.07, 6.45) is 0.389. The van der Waals surface area contributed by atoms with Crippen LogP contribution in [0.1, 0.15) is 31.5 Å². The summed E-state index contributed by atoms with van der Waals surface area (Å²) in [6, 6.07) is 3.57. The summed E-state index contributed by atoms with van der Waals surface area (Å²) in [6.45, 7) is 5.86. The van der Waals surface area contributed by atoms with E-state index in [4.69, 9.17) is 0 Å². The number of rotatable bonds is 1. The Kier molecular flexibility index (Phi) is 3.77. The van der Waals surface area contributed by atoms with Crippen molar-refractivity contribution in [3.05, 3.63) is 35.8 Å². The molecule has 0 aliphatic rings. The zero-order chi connectivity index (χ0) is 11.4. The summed E-state index contributed by atoms with van der Waals surface area (Å²) in [5.41, 5.74) is 1.44. The normalized spacial score (nSPS) is 10.3. The summed E-state index contributed by atoms with van der Waals surface area (Å²) in [5, 5.41) is 0. The molecular formula is C11H14F2N2. The number of imidazole rings is 1. The molecule has 0 spiro atoms. The van der Waals surface area contributed by atoms with Crippen LogP contribution in [0.5, 0.6) is 0 Å². The fraction of sp³-hybridized carbons (Fsp3) is 0.364. The summed E-state index contributed by atoms with van der Waals surface area (Å²) in [7, 11) is 0. The second-order valence-corrected chi connectivity index (χ2v) is 2.92. The average Bonchev–Trinajstić information content (AvgIpc) is 2.63. The minimum Gasteiger partial charge on any atom is -0.298 e. The molecule has 4 heteroatoms. The van der Waals surface area contributed by atoms with Crippen molar-refractivity contribution < 1.29 is 8.78 Å². The zero-order valence-corrected chi connectivity index (χ0v) is 9.04. The van der Waals surface area contributed by atoms with E-state index in [0.717, 1.165) is 5.56 Å². The molecule has 0 aromatic carbocycles. The van der Waals surface area contributed by atoms with Crippen LogP contribution in [0.3, 0.4) is 0 Å². The van der Waals surface area contributed by atoms with Gasteiger partial charge in [-0.2, -0.15) is 0 Å². The molecule has 2 aromatic heterocycles. The molecule has 82 valence electrons. The summed E-state index contributed by atoms with van der Waals surface area (Å²) in [5.74, 6) is 0. The third-order valence-electron chi connectivity index (χ3n) is 1.91. The largest absolute Gasteiger partial charge is 0.298 e. The molecule has 0 radical (unpaired) electrons. The molecule has 0 amide bonds. The van der Waals surface area contributed by atoms with Gasteiger partial charge < -0.3 is 0 Å². The van der Waals surface area contributed by atoms with Gasteiger partial charge in [0.1, 0.15) is 11.3 Å². The highest BCUT2D eigenvalue weighted by Gasteiger charge is 2.12. The van der Waals surface area contributed by atoms with Gasteiger partial charge in [-0.15, -0.1) is 0 Å². The van der Waals surface area contributed by atoms with E-state index in [1.54, 1.807) is 12.3 Å². The van der Waals surface area contributed by atoms with Crippen molar-refractivity contribution in [3.63, 3.8) is 0 Å². The predicted molar refractivity (Wildman–Crippen MR) is 56.2 cm³/mol. The topological polar surface area (TPSA) is 17.3 Å². The van der Waals surface area contributed by atoms with E-state index in [2.05, 4.69) is 4.98 Å². The van der Waals surface area contributed by atoms with Crippen molar-refractivity contribution in [2.45, 2.75) is 27.2 Å². The number of pyridine rings is 1. The number of aryl methyl sites for hydroxylation is 1. The molecule has 0 fully saturated rings. The first-order valence-corrected chi connectivity index (χ1v) is 4.90. The van der Waals surface area contributed by atoms with E-state index >= 15 is 0 Å². The Labute approximate surface area is 87.6 Å². The highest BCUT2D eigenvalue weighted by Crippen LogP contribution is 2.19. The molecule has 2 aromatic rings. The maximum atomic E-state index is 12.4. The third kappa shape index (κ3) is 2.32. The number of aromatic nitrogens is 2. The van der Waals surface area contributed by atoms with Crippen molar-refractivity contribution in [3.8, 4) is 0 Å². The van der Waals surface area contributed by atoms with E-state index in [0.29, 0.717) is 5.65 Å². The summed E-state index contributed by atoms with van der Waals surface area (Å²) >= 11 is 0. The van der Waals surface area contributed by atoms with E-state index in [1.807, 2.05) is 26.8 Å². The predicted octanol–water partition coefficient (Wildman–Crippen LogP) is 3.61. The maximum absolute atomic E-state index is 12.4. The van der Waals surface area contributed by atoms with E-state index in [1.165, 1.54) is 10.6 Å². The smallest absolute Gasteiger partial charge is 0.280 e. The number of fused-ring (bicyclic) bond motifs is 1. The number of alkyl halides is 2. The van der Waals surface area contributed by atoms with Gasteiger partial charge in [-0.3, -0.25) is 4.40 Å². The van der Waals surface area contributed by atoms with Gasteiger partial charge in [0.15, 0.2) is 0 Å². The lowest BCUT2D eigenvalue weighted by Gasteiger charge is -2.00. The molecule has 0 aliphatic heterocycles. The first-order valence-electron chi connectivity index (χ1n) is 4.90. The molecule has 2 heterocycles. The monoisotopic (exact) mass is 212 g/mol. The van der Waals surface area contributed by atoms with Gasteiger partial charge in [-0.05, 0) is 18.6 Å². The lowest BCUT2D eigenvalue weighted by molar-refractivity contribution is 0.145. The van der Waals surface area contributed by atoms with Crippen LogP contribution in [-0.4, -0.2) is 9.38 Å². The average molecular weight is 212 g/mol. The van der Waals surface area contributed by atoms with Gasteiger partial charge in [0.05, 0.1) is 6.20 Å². The molecule has 0 atom stereocenters. The molecule has 0 unspecified atom stereocenters. The summed E-state index contributed by atoms with van der Waals surface area (Å²) in [4.78, 5) is 3.86. The Bertz CT molecular complexity index is 435. The van der Waals surface area contributed by atoms with Crippen molar-refractivity contribution in [2.75, 3.05) is 0 Å². The van der Waals surface area contributed by atoms with Gasteiger partial charge in [0.25, 0.3) is 6.43 Å². The van der Waals surface area contributed by atoms with Gasteiger partial charge in [-0.1, -0.05) is 19.9 Å².